The van der Waals surface area contributed by atoms with Crippen LogP contribution in [-0.2, 0) is 4.74 Å². The van der Waals surface area contributed by atoms with Gasteiger partial charge in [-0.1, -0.05) is 11.6 Å². The van der Waals surface area contributed by atoms with Crippen LogP contribution in [0.3, 0.4) is 0 Å². The highest BCUT2D eigenvalue weighted by Crippen LogP contribution is 2.36. The summed E-state index contributed by atoms with van der Waals surface area (Å²) >= 11 is 5.86. The van der Waals surface area contributed by atoms with Gasteiger partial charge in [0, 0.05) is 18.7 Å². The van der Waals surface area contributed by atoms with Crippen LogP contribution in [0.2, 0.25) is 5.15 Å². The first kappa shape index (κ1) is 9.87. The van der Waals surface area contributed by atoms with Crippen molar-refractivity contribution in [2.75, 3.05) is 7.11 Å². The van der Waals surface area contributed by atoms with Crippen LogP contribution in [0.1, 0.15) is 30.3 Å². The lowest BCUT2D eigenvalue weighted by molar-refractivity contribution is 0.0236. The van der Waals surface area contributed by atoms with E-state index in [4.69, 9.17) is 16.3 Å². The molecule has 0 N–H and O–H groups in total. The maximum Gasteiger partial charge on any atom is 0.133 e. The highest BCUT2D eigenvalue weighted by Gasteiger charge is 2.32. The van der Waals surface area contributed by atoms with E-state index >= 15 is 0 Å². The highest BCUT2D eigenvalue weighted by molar-refractivity contribution is 6.29. The van der Waals surface area contributed by atoms with Crippen LogP contribution in [0.25, 0.3) is 0 Å². The van der Waals surface area contributed by atoms with Crippen LogP contribution >= 0.6 is 11.6 Å². The third-order valence-electron chi connectivity index (χ3n) is 2.63. The molecule has 4 heteroatoms. The predicted molar refractivity (Wildman–Crippen MR) is 54.6 cm³/mol. The second kappa shape index (κ2) is 3.83. The number of hydrogen-bond donors (Lipinski definition) is 0. The monoisotopic (exact) mass is 212 g/mol. The van der Waals surface area contributed by atoms with Crippen molar-refractivity contribution in [2.24, 2.45) is 0 Å². The number of methoxy groups -OCH3 is 1. The summed E-state index contributed by atoms with van der Waals surface area (Å²) in [6, 6.07) is 1.78. The first-order valence-electron chi connectivity index (χ1n) is 4.73. The zero-order chi connectivity index (χ0) is 10.1. The molecule has 0 bridgehead atoms. The van der Waals surface area contributed by atoms with Gasteiger partial charge in [0.1, 0.15) is 11.0 Å². The van der Waals surface area contributed by atoms with Crippen molar-refractivity contribution >= 4 is 11.6 Å². The largest absolute Gasteiger partial charge is 0.381 e. The fourth-order valence-electron chi connectivity index (χ4n) is 1.70. The molecular formula is C10H13ClN2O. The van der Waals surface area contributed by atoms with Gasteiger partial charge in [-0.2, -0.15) is 0 Å². The van der Waals surface area contributed by atoms with Gasteiger partial charge in [-0.15, -0.1) is 0 Å². The van der Waals surface area contributed by atoms with E-state index in [0.717, 1.165) is 24.4 Å². The van der Waals surface area contributed by atoms with Crippen LogP contribution < -0.4 is 0 Å². The normalized spacial score (nSPS) is 25.9. The molecule has 0 saturated heterocycles. The molecule has 0 atom stereocenters. The molecule has 0 radical (unpaired) electrons. The number of aryl methyl sites for hydroxylation is 1. The second-order valence-corrected chi connectivity index (χ2v) is 4.10. The van der Waals surface area contributed by atoms with E-state index in [1.807, 2.05) is 6.92 Å². The van der Waals surface area contributed by atoms with E-state index in [1.54, 1.807) is 13.2 Å². The van der Waals surface area contributed by atoms with E-state index in [2.05, 4.69) is 9.97 Å². The van der Waals surface area contributed by atoms with Crippen LogP contribution in [-0.4, -0.2) is 23.2 Å². The summed E-state index contributed by atoms with van der Waals surface area (Å²) in [5.41, 5.74) is 0.931. The van der Waals surface area contributed by atoms with E-state index in [-0.39, 0.29) is 0 Å². The van der Waals surface area contributed by atoms with Crippen molar-refractivity contribution in [3.8, 4) is 0 Å². The highest BCUT2D eigenvalue weighted by atomic mass is 35.5. The van der Waals surface area contributed by atoms with Crippen LogP contribution in [0.4, 0.5) is 0 Å². The fraction of sp³-hybridized carbons (Fsp3) is 0.600. The number of halogens is 1. The number of hydrogen-bond acceptors (Lipinski definition) is 3. The number of nitrogens with zero attached hydrogens (tertiary/aromatic N) is 2. The molecule has 2 rings (SSSR count). The van der Waals surface area contributed by atoms with E-state index in [0.29, 0.717) is 17.2 Å². The zero-order valence-corrected chi connectivity index (χ0v) is 9.08. The van der Waals surface area contributed by atoms with Crippen molar-refractivity contribution in [3.05, 3.63) is 22.7 Å². The first-order chi connectivity index (χ1) is 6.69. The Hall–Kier alpha value is -0.670. The van der Waals surface area contributed by atoms with E-state index in [1.165, 1.54) is 0 Å². The van der Waals surface area contributed by atoms with Crippen molar-refractivity contribution in [2.45, 2.75) is 31.8 Å². The quantitative estimate of drug-likeness (QED) is 0.706. The summed E-state index contributed by atoms with van der Waals surface area (Å²) in [5.74, 6) is 1.29. The summed E-state index contributed by atoms with van der Waals surface area (Å²) in [6.07, 6.45) is 2.40. The Morgan fingerprint density at radius 1 is 1.43 bits per heavy atom. The summed E-state index contributed by atoms with van der Waals surface area (Å²) in [4.78, 5) is 8.60. The molecule has 1 fully saturated rings. The minimum absolute atomic E-state index is 0.378. The third kappa shape index (κ3) is 1.88. The standard InChI is InChI=1S/C10H13ClN2O/c1-6-3-9(11)13-10(12-6)7-4-8(5-7)14-2/h3,7-8H,4-5H2,1-2H3. The van der Waals surface area contributed by atoms with Gasteiger partial charge < -0.3 is 4.74 Å². The first-order valence-corrected chi connectivity index (χ1v) is 5.10. The van der Waals surface area contributed by atoms with E-state index in [9.17, 15) is 0 Å². The molecule has 14 heavy (non-hydrogen) atoms. The summed E-state index contributed by atoms with van der Waals surface area (Å²) in [7, 11) is 1.74. The molecule has 3 nitrogen and oxygen atoms in total. The van der Waals surface area contributed by atoms with Crippen LogP contribution in [0, 0.1) is 6.92 Å². The Morgan fingerprint density at radius 2 is 2.14 bits per heavy atom. The lowest BCUT2D eigenvalue weighted by atomic mass is 9.81. The topological polar surface area (TPSA) is 35.0 Å². The molecule has 0 aromatic carbocycles. The van der Waals surface area contributed by atoms with Gasteiger partial charge in [-0.05, 0) is 25.8 Å². The Bertz CT molecular complexity index is 317. The van der Waals surface area contributed by atoms with Gasteiger partial charge in [-0.3, -0.25) is 0 Å². The minimum Gasteiger partial charge on any atom is -0.381 e. The summed E-state index contributed by atoms with van der Waals surface area (Å²) in [5, 5.41) is 0.536. The maximum atomic E-state index is 5.86. The van der Waals surface area contributed by atoms with Gasteiger partial charge in [0.05, 0.1) is 6.10 Å². The molecule has 1 saturated carbocycles. The Balaban J connectivity index is 2.10. The molecular weight excluding hydrogens is 200 g/mol. The molecule has 0 spiro atoms. The number of rotatable bonds is 2. The summed E-state index contributed by atoms with van der Waals surface area (Å²) in [6.45, 7) is 1.93. The van der Waals surface area contributed by atoms with Crippen molar-refractivity contribution < 1.29 is 4.74 Å². The minimum atomic E-state index is 0.378. The zero-order valence-electron chi connectivity index (χ0n) is 8.33. The lowest BCUT2D eigenvalue weighted by Crippen LogP contribution is -2.30. The second-order valence-electron chi connectivity index (χ2n) is 3.72. The average Bonchev–Trinajstić information content (AvgIpc) is 2.00. The summed E-state index contributed by atoms with van der Waals surface area (Å²) < 4.78 is 5.21. The number of aromatic nitrogens is 2. The molecule has 0 amide bonds. The number of ether oxygens (including phenoxy) is 1. The van der Waals surface area contributed by atoms with Crippen molar-refractivity contribution in [1.82, 2.24) is 9.97 Å². The molecule has 76 valence electrons. The smallest absolute Gasteiger partial charge is 0.133 e. The Morgan fingerprint density at radius 3 is 2.71 bits per heavy atom. The van der Waals surface area contributed by atoms with Gasteiger partial charge in [0.2, 0.25) is 0 Å². The molecule has 1 aliphatic carbocycles. The van der Waals surface area contributed by atoms with Crippen molar-refractivity contribution in [1.29, 1.82) is 0 Å². The van der Waals surface area contributed by atoms with Gasteiger partial charge in [-0.25, -0.2) is 9.97 Å². The predicted octanol–water partition coefficient (Wildman–Crippen LogP) is 2.33. The van der Waals surface area contributed by atoms with Gasteiger partial charge >= 0.3 is 0 Å². The lowest BCUT2D eigenvalue weighted by Gasteiger charge is -2.32. The molecule has 0 aliphatic heterocycles. The van der Waals surface area contributed by atoms with Gasteiger partial charge in [0.15, 0.2) is 0 Å². The SMILES string of the molecule is COC1CC(c2nc(C)cc(Cl)n2)C1. The maximum absolute atomic E-state index is 5.86. The third-order valence-corrected chi connectivity index (χ3v) is 2.83. The molecule has 1 aromatic rings. The van der Waals surface area contributed by atoms with Crippen LogP contribution in [0.5, 0.6) is 0 Å². The Labute approximate surface area is 88.5 Å². The Kier molecular flexibility index (Phi) is 2.70. The fourth-order valence-corrected chi connectivity index (χ4v) is 1.95. The molecule has 1 heterocycles. The van der Waals surface area contributed by atoms with E-state index < -0.39 is 0 Å². The molecule has 1 aromatic heterocycles. The van der Waals surface area contributed by atoms with Crippen molar-refractivity contribution in [3.63, 3.8) is 0 Å². The molecule has 0 unspecified atom stereocenters. The van der Waals surface area contributed by atoms with Crippen LogP contribution in [0.15, 0.2) is 6.07 Å². The average molecular weight is 213 g/mol. The van der Waals surface area contributed by atoms with Gasteiger partial charge in [0.25, 0.3) is 0 Å². The molecule has 1 aliphatic rings.